The maximum absolute atomic E-state index is 13.1. The normalized spacial score (nSPS) is 11.1. The van der Waals surface area contributed by atoms with E-state index in [0.717, 1.165) is 10.2 Å². The average Bonchev–Trinajstić information content (AvgIpc) is 3.02. The summed E-state index contributed by atoms with van der Waals surface area (Å²) in [4.78, 5) is 12.4. The fourth-order valence-electron chi connectivity index (χ4n) is 2.53. The molecule has 0 saturated carbocycles. The molecule has 0 amide bonds. The van der Waals surface area contributed by atoms with Crippen molar-refractivity contribution >= 4 is 34.0 Å². The third-order valence-corrected chi connectivity index (χ3v) is 3.74. The summed E-state index contributed by atoms with van der Waals surface area (Å²) in [6.45, 7) is 0. The predicted molar refractivity (Wildman–Crippen MR) is 94.1 cm³/mol. The highest BCUT2D eigenvalue weighted by atomic mass is 32.1. The zero-order chi connectivity index (χ0) is 17.6. The molecule has 124 valence electrons. The Labute approximate surface area is 144 Å². The second kappa shape index (κ2) is 5.60. The van der Waals surface area contributed by atoms with Crippen LogP contribution in [0.1, 0.15) is 0 Å². The summed E-state index contributed by atoms with van der Waals surface area (Å²) in [5, 5.41) is 12.3. The molecule has 0 aliphatic heterocycles. The molecule has 1 aromatic carbocycles. The van der Waals surface area contributed by atoms with E-state index < -0.39 is 5.56 Å². The molecule has 4 aromatic rings. The molecule has 0 aliphatic rings. The van der Waals surface area contributed by atoms with Crippen molar-refractivity contribution in [3.63, 3.8) is 0 Å². The van der Waals surface area contributed by atoms with Crippen molar-refractivity contribution in [2.75, 3.05) is 5.43 Å². The van der Waals surface area contributed by atoms with Crippen LogP contribution in [-0.2, 0) is 0 Å². The van der Waals surface area contributed by atoms with Crippen molar-refractivity contribution in [3.05, 3.63) is 58.9 Å². The van der Waals surface area contributed by atoms with Gasteiger partial charge in [-0.05, 0) is 36.0 Å². The number of pyridine rings is 1. The van der Waals surface area contributed by atoms with Crippen molar-refractivity contribution in [2.24, 2.45) is 5.73 Å². The summed E-state index contributed by atoms with van der Waals surface area (Å²) < 4.78 is 15.7. The lowest BCUT2D eigenvalue weighted by molar-refractivity contribution is 0.628. The van der Waals surface area contributed by atoms with E-state index in [1.54, 1.807) is 24.4 Å². The molecule has 0 spiro atoms. The number of nitrogens with zero attached hydrogens (tertiary/aromatic N) is 5. The maximum Gasteiger partial charge on any atom is 0.299 e. The first-order valence-corrected chi connectivity index (χ1v) is 7.53. The molecule has 10 heteroatoms. The van der Waals surface area contributed by atoms with Gasteiger partial charge in [0.05, 0.1) is 6.20 Å². The molecule has 8 nitrogen and oxygen atoms in total. The molecule has 0 aliphatic carbocycles. The quantitative estimate of drug-likeness (QED) is 0.518. The van der Waals surface area contributed by atoms with Crippen LogP contribution < -0.4 is 16.7 Å². The van der Waals surface area contributed by atoms with Gasteiger partial charge < -0.3 is 5.73 Å². The van der Waals surface area contributed by atoms with Gasteiger partial charge in [0.1, 0.15) is 11.3 Å². The number of fused-ring (bicyclic) bond motifs is 3. The number of hydrogen-bond acceptors (Lipinski definition) is 5. The minimum atomic E-state index is -0.460. The first-order valence-electron chi connectivity index (χ1n) is 7.13. The van der Waals surface area contributed by atoms with Crippen LogP contribution in [0.2, 0.25) is 0 Å². The Hall–Kier alpha value is -3.40. The Kier molecular flexibility index (Phi) is 3.39. The molecule has 0 atom stereocenters. The first kappa shape index (κ1) is 15.1. The summed E-state index contributed by atoms with van der Waals surface area (Å²) in [7, 11) is 0. The number of hydrogen-bond donors (Lipinski definition) is 2. The van der Waals surface area contributed by atoms with Crippen LogP contribution >= 0.6 is 12.2 Å². The van der Waals surface area contributed by atoms with Crippen LogP contribution in [0.15, 0.2) is 47.5 Å². The number of rotatable bonds is 2. The molecule has 0 radical (unpaired) electrons. The minimum absolute atomic E-state index is 0.0480. The standard InChI is InChI=1S/C15H10FN7OS/c16-9-3-1-8(2-4-9)10-7-18-23-11-5-6-22(21-15(17)25)14(24)12(11)19-20-13(10)23/h1-7H,(H3,17,21,25). The van der Waals surface area contributed by atoms with E-state index in [-0.39, 0.29) is 16.4 Å². The van der Waals surface area contributed by atoms with Gasteiger partial charge in [-0.3, -0.25) is 10.2 Å². The summed E-state index contributed by atoms with van der Waals surface area (Å²) in [6.07, 6.45) is 3.07. The zero-order valence-corrected chi connectivity index (χ0v) is 13.4. The predicted octanol–water partition coefficient (Wildman–Crippen LogP) is 1.03. The fourth-order valence-corrected chi connectivity index (χ4v) is 2.63. The Morgan fingerprint density at radius 3 is 2.68 bits per heavy atom. The third-order valence-electron chi connectivity index (χ3n) is 3.65. The van der Waals surface area contributed by atoms with Crippen molar-refractivity contribution in [3.8, 4) is 11.1 Å². The van der Waals surface area contributed by atoms with Gasteiger partial charge in [0.2, 0.25) is 0 Å². The number of nitrogens with one attached hydrogen (secondary N) is 1. The van der Waals surface area contributed by atoms with Crippen molar-refractivity contribution in [1.82, 2.24) is 24.5 Å². The zero-order valence-electron chi connectivity index (χ0n) is 12.5. The summed E-state index contributed by atoms with van der Waals surface area (Å²) >= 11 is 4.73. The van der Waals surface area contributed by atoms with Crippen LogP contribution in [0.3, 0.4) is 0 Å². The highest BCUT2D eigenvalue weighted by Crippen LogP contribution is 2.24. The molecular weight excluding hydrogens is 345 g/mol. The van der Waals surface area contributed by atoms with Gasteiger partial charge in [-0.1, -0.05) is 12.1 Å². The van der Waals surface area contributed by atoms with E-state index in [1.807, 2.05) is 0 Å². The molecule has 25 heavy (non-hydrogen) atoms. The second-order valence-electron chi connectivity index (χ2n) is 5.20. The SMILES string of the molecule is NC(=S)Nn1ccc2c(nnc3c(-c4ccc(F)cc4)cnn32)c1=O. The number of thiocarbonyl (C=S) groups is 1. The number of aromatic nitrogens is 5. The van der Waals surface area contributed by atoms with E-state index in [4.69, 9.17) is 18.0 Å². The molecule has 0 unspecified atom stereocenters. The largest absolute Gasteiger partial charge is 0.375 e. The van der Waals surface area contributed by atoms with Crippen LogP contribution in [0, 0.1) is 5.82 Å². The monoisotopic (exact) mass is 355 g/mol. The van der Waals surface area contributed by atoms with Gasteiger partial charge in [0, 0.05) is 11.8 Å². The van der Waals surface area contributed by atoms with Crippen LogP contribution in [0.25, 0.3) is 27.8 Å². The second-order valence-corrected chi connectivity index (χ2v) is 5.64. The van der Waals surface area contributed by atoms with Gasteiger partial charge in [0.25, 0.3) is 5.56 Å². The minimum Gasteiger partial charge on any atom is -0.375 e. The first-order chi connectivity index (χ1) is 12.0. The van der Waals surface area contributed by atoms with Gasteiger partial charge in [-0.2, -0.15) is 5.10 Å². The van der Waals surface area contributed by atoms with Crippen LogP contribution in [0.5, 0.6) is 0 Å². The number of benzene rings is 1. The smallest absolute Gasteiger partial charge is 0.299 e. The summed E-state index contributed by atoms with van der Waals surface area (Å²) in [6, 6.07) is 7.61. The molecule has 3 N–H and O–H groups in total. The van der Waals surface area contributed by atoms with E-state index in [0.29, 0.717) is 16.7 Å². The Balaban J connectivity index is 1.94. The van der Waals surface area contributed by atoms with Crippen LogP contribution in [0.4, 0.5) is 4.39 Å². The molecule has 4 rings (SSSR count). The van der Waals surface area contributed by atoms with E-state index in [1.165, 1.54) is 22.8 Å². The van der Waals surface area contributed by atoms with Crippen molar-refractivity contribution < 1.29 is 4.39 Å². The van der Waals surface area contributed by atoms with Crippen molar-refractivity contribution in [1.29, 1.82) is 0 Å². The maximum atomic E-state index is 13.1. The molecular formula is C15H10FN7OS. The summed E-state index contributed by atoms with van der Waals surface area (Å²) in [5.74, 6) is -0.331. The van der Waals surface area contributed by atoms with E-state index >= 15 is 0 Å². The highest BCUT2D eigenvalue weighted by Gasteiger charge is 2.14. The Morgan fingerprint density at radius 1 is 1.20 bits per heavy atom. The molecule has 0 bridgehead atoms. The van der Waals surface area contributed by atoms with Gasteiger partial charge in [-0.15, -0.1) is 10.2 Å². The average molecular weight is 355 g/mol. The highest BCUT2D eigenvalue weighted by molar-refractivity contribution is 7.80. The summed E-state index contributed by atoms with van der Waals surface area (Å²) in [5.41, 5.74) is 9.92. The van der Waals surface area contributed by atoms with Crippen LogP contribution in [-0.4, -0.2) is 29.6 Å². The number of nitrogens with two attached hydrogens (primary N) is 1. The third kappa shape index (κ3) is 2.48. The topological polar surface area (TPSA) is 103 Å². The van der Waals surface area contributed by atoms with Gasteiger partial charge in [0.15, 0.2) is 16.3 Å². The van der Waals surface area contributed by atoms with E-state index in [9.17, 15) is 9.18 Å². The lowest BCUT2D eigenvalue weighted by Crippen LogP contribution is -2.36. The Bertz CT molecular complexity index is 1180. The van der Waals surface area contributed by atoms with E-state index in [2.05, 4.69) is 20.7 Å². The molecule has 3 heterocycles. The molecule has 3 aromatic heterocycles. The Morgan fingerprint density at radius 2 is 1.96 bits per heavy atom. The lowest BCUT2D eigenvalue weighted by Gasteiger charge is -2.08. The van der Waals surface area contributed by atoms with Gasteiger partial charge in [-0.25, -0.2) is 13.6 Å². The van der Waals surface area contributed by atoms with Crippen molar-refractivity contribution in [2.45, 2.75) is 0 Å². The molecule has 0 saturated heterocycles. The van der Waals surface area contributed by atoms with Gasteiger partial charge >= 0.3 is 0 Å². The molecule has 0 fully saturated rings. The lowest BCUT2D eigenvalue weighted by atomic mass is 10.1. The number of halogens is 1. The fraction of sp³-hybridized carbons (Fsp3) is 0.